The van der Waals surface area contributed by atoms with Crippen molar-refractivity contribution in [1.82, 2.24) is 9.88 Å². The second-order valence-corrected chi connectivity index (χ2v) is 6.28. The molecule has 1 saturated heterocycles. The monoisotopic (exact) mass is 326 g/mol. The van der Waals surface area contributed by atoms with Gasteiger partial charge < -0.3 is 14.7 Å². The second kappa shape index (κ2) is 7.11. The number of aliphatic hydroxyl groups excluding tert-OH is 1. The molecule has 1 amide bonds. The van der Waals surface area contributed by atoms with E-state index in [1.54, 1.807) is 17.3 Å². The summed E-state index contributed by atoms with van der Waals surface area (Å²) in [5.41, 5.74) is 3.68. The van der Waals surface area contributed by atoms with Crippen LogP contribution in [0.5, 0.6) is 0 Å². The van der Waals surface area contributed by atoms with Crippen LogP contribution in [-0.4, -0.2) is 52.8 Å². The van der Waals surface area contributed by atoms with E-state index in [-0.39, 0.29) is 24.7 Å². The average Bonchev–Trinajstić information content (AvgIpc) is 2.62. The molecule has 24 heavy (non-hydrogen) atoms. The maximum atomic E-state index is 12.9. The Morgan fingerprint density at radius 1 is 1.33 bits per heavy atom. The molecule has 2 atom stereocenters. The summed E-state index contributed by atoms with van der Waals surface area (Å²) in [5, 5.41) is 9.29. The van der Waals surface area contributed by atoms with Gasteiger partial charge in [-0.25, -0.2) is 0 Å². The lowest BCUT2D eigenvalue weighted by atomic mass is 10.0. The molecule has 1 fully saturated rings. The number of aryl methyl sites for hydroxylation is 1. The highest BCUT2D eigenvalue weighted by molar-refractivity contribution is 5.95. The van der Waals surface area contributed by atoms with Gasteiger partial charge in [-0.3, -0.25) is 9.78 Å². The Bertz CT molecular complexity index is 732. The van der Waals surface area contributed by atoms with Crippen molar-refractivity contribution in [3.05, 3.63) is 53.9 Å². The van der Waals surface area contributed by atoms with Crippen molar-refractivity contribution in [2.75, 3.05) is 19.8 Å². The van der Waals surface area contributed by atoms with Crippen molar-refractivity contribution in [3.8, 4) is 11.1 Å². The summed E-state index contributed by atoms with van der Waals surface area (Å²) in [6, 6.07) is 9.97. The van der Waals surface area contributed by atoms with E-state index in [1.165, 1.54) is 0 Å². The van der Waals surface area contributed by atoms with Crippen molar-refractivity contribution in [2.24, 2.45) is 0 Å². The minimum atomic E-state index is -0.321. The van der Waals surface area contributed by atoms with Crippen LogP contribution in [0, 0.1) is 6.92 Å². The van der Waals surface area contributed by atoms with Gasteiger partial charge in [0.1, 0.15) is 0 Å². The number of carbonyl (C=O) groups is 1. The molecule has 2 unspecified atom stereocenters. The van der Waals surface area contributed by atoms with Gasteiger partial charge >= 0.3 is 0 Å². The lowest BCUT2D eigenvalue weighted by molar-refractivity contribution is -0.0667. The smallest absolute Gasteiger partial charge is 0.255 e. The molecule has 1 aromatic heterocycles. The van der Waals surface area contributed by atoms with Gasteiger partial charge in [-0.1, -0.05) is 29.8 Å². The largest absolute Gasteiger partial charge is 0.394 e. The first-order valence-corrected chi connectivity index (χ1v) is 8.14. The van der Waals surface area contributed by atoms with E-state index in [0.29, 0.717) is 18.7 Å². The van der Waals surface area contributed by atoms with Crippen LogP contribution in [0.1, 0.15) is 22.8 Å². The number of ether oxygens (including phenoxy) is 1. The molecule has 1 N–H and O–H groups in total. The zero-order chi connectivity index (χ0) is 17.1. The van der Waals surface area contributed by atoms with Gasteiger partial charge in [0.2, 0.25) is 0 Å². The van der Waals surface area contributed by atoms with Crippen LogP contribution in [-0.2, 0) is 4.74 Å². The summed E-state index contributed by atoms with van der Waals surface area (Å²) in [7, 11) is 0. The fraction of sp³-hybridized carbons (Fsp3) is 0.368. The maximum Gasteiger partial charge on any atom is 0.255 e. The molecule has 2 aromatic rings. The van der Waals surface area contributed by atoms with Gasteiger partial charge in [0, 0.05) is 24.5 Å². The quantitative estimate of drug-likeness (QED) is 0.940. The third-order valence-electron chi connectivity index (χ3n) is 4.31. The summed E-state index contributed by atoms with van der Waals surface area (Å²) >= 11 is 0. The van der Waals surface area contributed by atoms with E-state index in [1.807, 2.05) is 38.1 Å². The highest BCUT2D eigenvalue weighted by Gasteiger charge is 2.30. The number of carbonyl (C=O) groups excluding carboxylic acids is 1. The van der Waals surface area contributed by atoms with Crippen molar-refractivity contribution >= 4 is 5.91 Å². The Labute approximate surface area is 141 Å². The standard InChI is InChI=1S/C19H22N2O3/c1-13-4-3-5-15(6-13)16-7-17(9-20-8-16)19(23)21-10-18(11-22)24-12-14(21)2/h3-9,14,18,22H,10-12H2,1-2H3. The SMILES string of the molecule is Cc1cccc(-c2cncc(C(=O)N3CC(CO)OCC3C)c2)c1. The summed E-state index contributed by atoms with van der Waals surface area (Å²) in [5.74, 6) is -0.0775. The number of aliphatic hydroxyl groups is 1. The molecule has 2 heterocycles. The minimum Gasteiger partial charge on any atom is -0.394 e. The highest BCUT2D eigenvalue weighted by atomic mass is 16.5. The zero-order valence-electron chi connectivity index (χ0n) is 14.0. The molecular weight excluding hydrogens is 304 g/mol. The van der Waals surface area contributed by atoms with Crippen LogP contribution < -0.4 is 0 Å². The fourth-order valence-corrected chi connectivity index (χ4v) is 2.92. The molecule has 1 aliphatic rings. The number of aromatic nitrogens is 1. The number of hydrogen-bond acceptors (Lipinski definition) is 4. The Morgan fingerprint density at radius 2 is 2.17 bits per heavy atom. The van der Waals surface area contributed by atoms with E-state index in [2.05, 4.69) is 11.1 Å². The fourth-order valence-electron chi connectivity index (χ4n) is 2.92. The molecular formula is C19H22N2O3. The third-order valence-corrected chi connectivity index (χ3v) is 4.31. The number of pyridine rings is 1. The molecule has 1 aliphatic heterocycles. The summed E-state index contributed by atoms with van der Waals surface area (Å²) in [6.45, 7) is 4.73. The van der Waals surface area contributed by atoms with Crippen LogP contribution >= 0.6 is 0 Å². The first-order valence-electron chi connectivity index (χ1n) is 8.14. The molecule has 0 radical (unpaired) electrons. The molecule has 0 spiro atoms. The van der Waals surface area contributed by atoms with E-state index in [4.69, 9.17) is 4.74 Å². The van der Waals surface area contributed by atoms with Crippen molar-refractivity contribution in [1.29, 1.82) is 0 Å². The number of hydrogen-bond donors (Lipinski definition) is 1. The topological polar surface area (TPSA) is 62.7 Å². The highest BCUT2D eigenvalue weighted by Crippen LogP contribution is 2.22. The lowest BCUT2D eigenvalue weighted by Gasteiger charge is -2.37. The lowest BCUT2D eigenvalue weighted by Crippen LogP contribution is -2.52. The summed E-state index contributed by atoms with van der Waals surface area (Å²) < 4.78 is 5.50. The van der Waals surface area contributed by atoms with E-state index < -0.39 is 0 Å². The van der Waals surface area contributed by atoms with Gasteiger partial charge in [0.05, 0.1) is 30.9 Å². The Hall–Kier alpha value is -2.24. The van der Waals surface area contributed by atoms with E-state index in [0.717, 1.165) is 16.7 Å². The molecule has 5 nitrogen and oxygen atoms in total. The van der Waals surface area contributed by atoms with Crippen LogP contribution in [0.15, 0.2) is 42.7 Å². The molecule has 0 bridgehead atoms. The molecule has 126 valence electrons. The number of rotatable bonds is 3. The van der Waals surface area contributed by atoms with Gasteiger partial charge in [-0.2, -0.15) is 0 Å². The van der Waals surface area contributed by atoms with Crippen LogP contribution in [0.4, 0.5) is 0 Å². The summed E-state index contributed by atoms with van der Waals surface area (Å²) in [4.78, 5) is 18.9. The van der Waals surface area contributed by atoms with Gasteiger partial charge in [-0.15, -0.1) is 0 Å². The first kappa shape index (κ1) is 16.6. The van der Waals surface area contributed by atoms with Gasteiger partial charge in [0.15, 0.2) is 0 Å². The predicted molar refractivity (Wildman–Crippen MR) is 91.7 cm³/mol. The van der Waals surface area contributed by atoms with E-state index in [9.17, 15) is 9.90 Å². The van der Waals surface area contributed by atoms with E-state index >= 15 is 0 Å². The molecule has 0 saturated carbocycles. The van der Waals surface area contributed by atoms with Crippen molar-refractivity contribution < 1.29 is 14.6 Å². The Morgan fingerprint density at radius 3 is 2.92 bits per heavy atom. The van der Waals surface area contributed by atoms with Crippen LogP contribution in [0.25, 0.3) is 11.1 Å². The maximum absolute atomic E-state index is 12.9. The Kier molecular flexibility index (Phi) is 4.92. The summed E-state index contributed by atoms with van der Waals surface area (Å²) in [6.07, 6.45) is 3.04. The normalized spacial score (nSPS) is 20.9. The van der Waals surface area contributed by atoms with Crippen LogP contribution in [0.2, 0.25) is 0 Å². The average molecular weight is 326 g/mol. The first-order chi connectivity index (χ1) is 11.6. The molecule has 5 heteroatoms. The molecule has 1 aromatic carbocycles. The van der Waals surface area contributed by atoms with Gasteiger partial charge in [-0.05, 0) is 25.5 Å². The van der Waals surface area contributed by atoms with Gasteiger partial charge in [0.25, 0.3) is 5.91 Å². The number of amides is 1. The Balaban J connectivity index is 1.86. The second-order valence-electron chi connectivity index (χ2n) is 6.28. The molecule has 3 rings (SSSR count). The zero-order valence-corrected chi connectivity index (χ0v) is 14.0. The van der Waals surface area contributed by atoms with Crippen molar-refractivity contribution in [2.45, 2.75) is 26.0 Å². The predicted octanol–water partition coefficient (Wildman–Crippen LogP) is 2.28. The number of nitrogens with zero attached hydrogens (tertiary/aromatic N) is 2. The number of benzene rings is 1. The molecule has 0 aliphatic carbocycles. The number of morpholine rings is 1. The van der Waals surface area contributed by atoms with Crippen LogP contribution in [0.3, 0.4) is 0 Å². The minimum absolute atomic E-state index is 0.0251. The van der Waals surface area contributed by atoms with Crippen molar-refractivity contribution in [3.63, 3.8) is 0 Å². The third kappa shape index (κ3) is 3.47.